The van der Waals surface area contributed by atoms with Crippen molar-refractivity contribution in [1.29, 1.82) is 0 Å². The Bertz CT molecular complexity index is 353. The van der Waals surface area contributed by atoms with Crippen LogP contribution in [0, 0.1) is 0 Å². The Morgan fingerprint density at radius 3 is 2.53 bits per heavy atom. The smallest absolute Gasteiger partial charge is 0.303 e. The Labute approximate surface area is 90.5 Å². The van der Waals surface area contributed by atoms with Crippen LogP contribution in [0.5, 0.6) is 0 Å². The third-order valence-corrected chi connectivity index (χ3v) is 2.31. The van der Waals surface area contributed by atoms with Gasteiger partial charge in [0.05, 0.1) is 21.1 Å². The molecule has 0 amide bonds. The van der Waals surface area contributed by atoms with Gasteiger partial charge in [-0.3, -0.25) is 9.28 Å². The quantitative estimate of drug-likeness (QED) is 0.767. The van der Waals surface area contributed by atoms with E-state index in [1.54, 1.807) is 0 Å². The molecule has 0 fully saturated rings. The molecule has 0 heterocycles. The van der Waals surface area contributed by atoms with Crippen molar-refractivity contribution in [3.8, 4) is 0 Å². The van der Waals surface area contributed by atoms with Gasteiger partial charge in [0.15, 0.2) is 0 Å². The number of benzene rings is 1. The molecule has 1 aromatic carbocycles. The van der Waals surface area contributed by atoms with Crippen LogP contribution >= 0.6 is 0 Å². The van der Waals surface area contributed by atoms with Gasteiger partial charge in [0, 0.05) is 12.5 Å². The molecule has 0 aliphatic rings. The summed E-state index contributed by atoms with van der Waals surface area (Å²) < 4.78 is 0.751. The van der Waals surface area contributed by atoms with Crippen molar-refractivity contribution in [2.45, 2.75) is 12.8 Å². The zero-order valence-corrected chi connectivity index (χ0v) is 9.53. The summed E-state index contributed by atoms with van der Waals surface area (Å²) in [5.74, 6) is -0.745. The first-order chi connectivity index (χ1) is 6.89. The van der Waals surface area contributed by atoms with Gasteiger partial charge >= 0.3 is 5.97 Å². The first-order valence-corrected chi connectivity index (χ1v) is 5.02. The van der Waals surface area contributed by atoms with Gasteiger partial charge in [0.1, 0.15) is 5.69 Å². The normalized spacial score (nSPS) is 11.4. The van der Waals surface area contributed by atoms with Crippen LogP contribution in [-0.4, -0.2) is 32.2 Å². The van der Waals surface area contributed by atoms with Crippen molar-refractivity contribution in [1.82, 2.24) is 4.48 Å². The van der Waals surface area contributed by atoms with Gasteiger partial charge in [0.2, 0.25) is 0 Å². The highest BCUT2D eigenvalue weighted by Gasteiger charge is 2.12. The molecule has 1 rings (SSSR count). The second kappa shape index (κ2) is 4.45. The summed E-state index contributed by atoms with van der Waals surface area (Å²) in [7, 11) is 6.28. The fourth-order valence-electron chi connectivity index (χ4n) is 1.38. The van der Waals surface area contributed by atoms with Crippen LogP contribution in [0.1, 0.15) is 12.0 Å². The van der Waals surface area contributed by atoms with Crippen LogP contribution in [0.2, 0.25) is 0 Å². The molecule has 82 valence electrons. The standard InChI is InChI=1S/C12H17NO2/c1-13(2,3)11-6-4-5-10(9-11)7-8-12(14)15/h4-6,9H,7-8H2,1-3H3/p+1. The molecular formula is C12H18NO2+. The number of carboxylic acids is 1. The van der Waals surface area contributed by atoms with Crippen LogP contribution in [-0.2, 0) is 11.2 Å². The second-order valence-corrected chi connectivity index (χ2v) is 4.58. The van der Waals surface area contributed by atoms with E-state index in [4.69, 9.17) is 5.11 Å². The van der Waals surface area contributed by atoms with E-state index in [1.165, 1.54) is 5.69 Å². The molecule has 0 saturated carbocycles. The minimum absolute atomic E-state index is 0.195. The van der Waals surface area contributed by atoms with E-state index in [0.29, 0.717) is 6.42 Å². The molecule has 1 N–H and O–H groups in total. The fraction of sp³-hybridized carbons (Fsp3) is 0.417. The van der Waals surface area contributed by atoms with Crippen molar-refractivity contribution in [2.24, 2.45) is 0 Å². The highest BCUT2D eigenvalue weighted by Crippen LogP contribution is 2.18. The molecule has 3 heteroatoms. The summed E-state index contributed by atoms with van der Waals surface area (Å²) in [6.07, 6.45) is 0.795. The number of aliphatic carboxylic acids is 1. The molecule has 0 unspecified atom stereocenters. The lowest BCUT2D eigenvalue weighted by Crippen LogP contribution is -2.34. The topological polar surface area (TPSA) is 37.3 Å². The monoisotopic (exact) mass is 208 g/mol. The largest absolute Gasteiger partial charge is 0.481 e. The molecule has 0 aromatic heterocycles. The third kappa shape index (κ3) is 3.72. The Kier molecular flexibility index (Phi) is 3.48. The summed E-state index contributed by atoms with van der Waals surface area (Å²) in [5, 5.41) is 8.60. The maximum atomic E-state index is 10.5. The summed E-state index contributed by atoms with van der Waals surface area (Å²) in [5.41, 5.74) is 2.28. The number of carbonyl (C=O) groups is 1. The van der Waals surface area contributed by atoms with E-state index >= 15 is 0 Å². The summed E-state index contributed by atoms with van der Waals surface area (Å²) in [6, 6.07) is 8.09. The Balaban J connectivity index is 2.79. The van der Waals surface area contributed by atoms with E-state index in [2.05, 4.69) is 33.3 Å². The zero-order chi connectivity index (χ0) is 11.5. The average Bonchev–Trinajstić information content (AvgIpc) is 2.14. The molecule has 0 spiro atoms. The van der Waals surface area contributed by atoms with Crippen molar-refractivity contribution in [2.75, 3.05) is 21.1 Å². The number of aryl methyl sites for hydroxylation is 1. The fourth-order valence-corrected chi connectivity index (χ4v) is 1.38. The predicted molar refractivity (Wildman–Crippen MR) is 62.0 cm³/mol. The average molecular weight is 208 g/mol. The molecule has 0 radical (unpaired) electrons. The molecule has 0 saturated heterocycles. The third-order valence-electron chi connectivity index (χ3n) is 2.31. The molecule has 0 atom stereocenters. The van der Waals surface area contributed by atoms with Gasteiger partial charge in [-0.1, -0.05) is 12.1 Å². The molecule has 0 aliphatic heterocycles. The highest BCUT2D eigenvalue weighted by molar-refractivity contribution is 5.67. The maximum absolute atomic E-state index is 10.5. The molecule has 0 aliphatic carbocycles. The number of rotatable bonds is 4. The van der Waals surface area contributed by atoms with Crippen molar-refractivity contribution >= 4 is 11.7 Å². The van der Waals surface area contributed by atoms with Crippen molar-refractivity contribution < 1.29 is 9.90 Å². The zero-order valence-electron chi connectivity index (χ0n) is 9.53. The van der Waals surface area contributed by atoms with Crippen molar-refractivity contribution in [3.63, 3.8) is 0 Å². The van der Waals surface area contributed by atoms with E-state index in [0.717, 1.165) is 10.0 Å². The lowest BCUT2D eigenvalue weighted by Gasteiger charge is -2.23. The number of hydrogen-bond acceptors (Lipinski definition) is 1. The van der Waals surface area contributed by atoms with Gasteiger partial charge in [0.25, 0.3) is 0 Å². The van der Waals surface area contributed by atoms with Crippen molar-refractivity contribution in [3.05, 3.63) is 29.8 Å². The lowest BCUT2D eigenvalue weighted by molar-refractivity contribution is -0.136. The SMILES string of the molecule is C[N+](C)(C)c1cccc(CCC(=O)O)c1. The number of quaternary nitrogens is 1. The molecule has 1 aromatic rings. The van der Waals surface area contributed by atoms with Gasteiger partial charge in [-0.15, -0.1) is 0 Å². The van der Waals surface area contributed by atoms with Gasteiger partial charge in [-0.05, 0) is 18.1 Å². The van der Waals surface area contributed by atoms with E-state index in [1.807, 2.05) is 12.1 Å². The molecule has 0 bridgehead atoms. The Morgan fingerprint density at radius 1 is 1.33 bits per heavy atom. The molecular weight excluding hydrogens is 190 g/mol. The van der Waals surface area contributed by atoms with E-state index in [9.17, 15) is 4.79 Å². The number of hydrogen-bond donors (Lipinski definition) is 1. The number of nitrogens with zero attached hydrogens (tertiary/aromatic N) is 1. The first kappa shape index (κ1) is 11.7. The summed E-state index contributed by atoms with van der Waals surface area (Å²) >= 11 is 0. The predicted octanol–water partition coefficient (Wildman–Crippen LogP) is 1.90. The van der Waals surface area contributed by atoms with Crippen LogP contribution < -0.4 is 4.48 Å². The minimum atomic E-state index is -0.745. The Morgan fingerprint density at radius 2 is 2.00 bits per heavy atom. The van der Waals surface area contributed by atoms with E-state index < -0.39 is 5.97 Å². The van der Waals surface area contributed by atoms with Crippen LogP contribution in [0.3, 0.4) is 0 Å². The van der Waals surface area contributed by atoms with Crippen LogP contribution in [0.4, 0.5) is 5.69 Å². The Hall–Kier alpha value is -1.35. The first-order valence-electron chi connectivity index (χ1n) is 5.02. The van der Waals surface area contributed by atoms with Gasteiger partial charge in [-0.2, -0.15) is 0 Å². The molecule has 15 heavy (non-hydrogen) atoms. The van der Waals surface area contributed by atoms with Crippen LogP contribution in [0.25, 0.3) is 0 Å². The summed E-state index contributed by atoms with van der Waals surface area (Å²) in [4.78, 5) is 10.5. The van der Waals surface area contributed by atoms with E-state index in [-0.39, 0.29) is 6.42 Å². The maximum Gasteiger partial charge on any atom is 0.303 e. The summed E-state index contributed by atoms with van der Waals surface area (Å²) in [6.45, 7) is 0. The minimum Gasteiger partial charge on any atom is -0.481 e. The molecule has 3 nitrogen and oxygen atoms in total. The van der Waals surface area contributed by atoms with Crippen LogP contribution in [0.15, 0.2) is 24.3 Å². The highest BCUT2D eigenvalue weighted by atomic mass is 16.4. The lowest BCUT2D eigenvalue weighted by atomic mass is 10.1. The van der Waals surface area contributed by atoms with Gasteiger partial charge in [-0.25, -0.2) is 0 Å². The second-order valence-electron chi connectivity index (χ2n) is 4.58. The number of carboxylic acid groups (broad SMARTS) is 1. The van der Waals surface area contributed by atoms with Gasteiger partial charge < -0.3 is 5.11 Å².